The molecule has 3 rings (SSSR count). The molecule has 0 unspecified atom stereocenters. The van der Waals surface area contributed by atoms with E-state index in [9.17, 15) is 43.5 Å². The van der Waals surface area contributed by atoms with E-state index < -0.39 is 147 Å². The first-order valence-corrected chi connectivity index (χ1v) is 16.9. The van der Waals surface area contributed by atoms with E-state index in [2.05, 4.69) is 0 Å². The summed E-state index contributed by atoms with van der Waals surface area (Å²) in [4.78, 5) is 97.4. The van der Waals surface area contributed by atoms with Gasteiger partial charge in [-0.1, -0.05) is 0 Å². The molecule has 55 heavy (non-hydrogen) atoms. The highest BCUT2D eigenvalue weighted by molar-refractivity contribution is 5.70. The van der Waals surface area contributed by atoms with Crippen molar-refractivity contribution in [3.8, 4) is 0 Å². The molecule has 22 heteroatoms. The first kappa shape index (κ1) is 44.9. The minimum absolute atomic E-state index is 0.481. The van der Waals surface area contributed by atoms with Gasteiger partial charge < -0.3 is 66.7 Å². The van der Waals surface area contributed by atoms with Crippen molar-refractivity contribution in [3.05, 3.63) is 0 Å². The number of aliphatic hydroxyl groups excluding tert-OH is 1. The van der Waals surface area contributed by atoms with E-state index in [4.69, 9.17) is 61.6 Å². The number of rotatable bonds is 13. The van der Waals surface area contributed by atoms with Crippen LogP contribution in [0.25, 0.3) is 0 Å². The molecule has 310 valence electrons. The molecule has 0 aromatic carbocycles. The molecule has 0 bridgehead atoms. The van der Waals surface area contributed by atoms with Crippen LogP contribution < -0.4 is 0 Å². The molecule has 0 aromatic heterocycles. The highest BCUT2D eigenvalue weighted by atomic mass is 16.8. The Morgan fingerprint density at radius 3 is 1.44 bits per heavy atom. The van der Waals surface area contributed by atoms with Crippen LogP contribution in [0.5, 0.6) is 0 Å². The second-order valence-electron chi connectivity index (χ2n) is 12.6. The molecule has 0 spiro atoms. The van der Waals surface area contributed by atoms with Crippen molar-refractivity contribution in [2.24, 2.45) is 0 Å². The lowest BCUT2D eigenvalue weighted by Crippen LogP contribution is -2.67. The third-order valence-electron chi connectivity index (χ3n) is 7.88. The van der Waals surface area contributed by atoms with E-state index >= 15 is 0 Å². The van der Waals surface area contributed by atoms with Crippen molar-refractivity contribution in [2.75, 3.05) is 13.2 Å². The molecule has 1 N–H and O–H groups in total. The third kappa shape index (κ3) is 12.8. The number of ether oxygens (including phenoxy) is 13. The van der Waals surface area contributed by atoms with Crippen LogP contribution in [0.15, 0.2) is 0 Å². The second-order valence-corrected chi connectivity index (χ2v) is 12.6. The van der Waals surface area contributed by atoms with Crippen LogP contribution >= 0.6 is 0 Å². The van der Waals surface area contributed by atoms with E-state index in [0.29, 0.717) is 0 Å². The maximum absolute atomic E-state index is 12.4. The average Bonchev–Trinajstić information content (AvgIpc) is 3.03. The zero-order chi connectivity index (χ0) is 41.3. The van der Waals surface area contributed by atoms with Crippen molar-refractivity contribution >= 4 is 47.8 Å². The van der Waals surface area contributed by atoms with Crippen molar-refractivity contribution in [1.82, 2.24) is 0 Å². The summed E-state index contributed by atoms with van der Waals surface area (Å²) < 4.78 is 72.8. The van der Waals surface area contributed by atoms with Crippen molar-refractivity contribution in [3.63, 3.8) is 0 Å². The van der Waals surface area contributed by atoms with Crippen LogP contribution in [0.1, 0.15) is 62.3 Å². The first-order valence-electron chi connectivity index (χ1n) is 16.9. The SMILES string of the molecule is CC(=O)OC[C@H]1O[C@@H](O[C@@H]2[C@@H](O[C@@H]3OC[C@@H](OC(C)=O)[C@H](OC(C)=O)[C@H]3OC(C)=O)[C@@H](OC(C)=O)[C@@H](C)O[C@@H]2O)[C@H](OC(C)=O)[C@@H](OC(C)=O)[C@@H]1OC(C)=O. The van der Waals surface area contributed by atoms with Gasteiger partial charge in [0.25, 0.3) is 0 Å². The Bertz CT molecular complexity index is 1430. The standard InChI is InChI=1S/C33H46O22/c1-12-23(47-15(4)36)26(54-32-29(51-19(8)40)25(49-17(6)38)21(11-44-32)46-14(3)35)28(31(42)45-12)55-33-30(52-20(9)41)27(50-18(7)39)24(48-16(5)37)22(53-33)10-43-13(2)34/h12,21-33,42H,10-11H2,1-9H3/t12-,21-,22-,23+,24-,25+,26+,27+,28-,29-,30-,31+,32+,33+/m1/s1. The van der Waals surface area contributed by atoms with Crippen LogP contribution in [-0.2, 0) is 99.9 Å². The minimum Gasteiger partial charge on any atom is -0.463 e. The van der Waals surface area contributed by atoms with E-state index in [0.717, 1.165) is 55.4 Å². The molecule has 0 amide bonds. The summed E-state index contributed by atoms with van der Waals surface area (Å²) in [5.41, 5.74) is 0. The Hall–Kier alpha value is -4.48. The molecular formula is C33H46O22. The van der Waals surface area contributed by atoms with Crippen LogP contribution in [0, 0.1) is 0 Å². The Morgan fingerprint density at radius 1 is 0.491 bits per heavy atom. The number of esters is 8. The van der Waals surface area contributed by atoms with Gasteiger partial charge in [0, 0.05) is 55.4 Å². The van der Waals surface area contributed by atoms with Gasteiger partial charge in [0.1, 0.15) is 24.9 Å². The number of hydrogen-bond donors (Lipinski definition) is 1. The highest BCUT2D eigenvalue weighted by Crippen LogP contribution is 2.36. The first-order chi connectivity index (χ1) is 25.7. The Morgan fingerprint density at radius 2 is 0.927 bits per heavy atom. The third-order valence-corrected chi connectivity index (χ3v) is 7.88. The van der Waals surface area contributed by atoms with E-state index in [-0.39, 0.29) is 0 Å². The smallest absolute Gasteiger partial charge is 0.303 e. The van der Waals surface area contributed by atoms with Gasteiger partial charge in [-0.25, -0.2) is 0 Å². The van der Waals surface area contributed by atoms with E-state index in [1.165, 1.54) is 6.92 Å². The van der Waals surface area contributed by atoms with Crippen LogP contribution in [0.2, 0.25) is 0 Å². The average molecular weight is 795 g/mol. The molecule has 22 nitrogen and oxygen atoms in total. The van der Waals surface area contributed by atoms with Gasteiger partial charge in [-0.3, -0.25) is 38.4 Å². The van der Waals surface area contributed by atoms with Crippen molar-refractivity contribution < 1.29 is 105 Å². The fraction of sp³-hybridized carbons (Fsp3) is 0.758. The largest absolute Gasteiger partial charge is 0.463 e. The van der Waals surface area contributed by atoms with Gasteiger partial charge in [-0.05, 0) is 6.92 Å². The van der Waals surface area contributed by atoms with Crippen molar-refractivity contribution in [1.29, 1.82) is 0 Å². The second kappa shape index (κ2) is 19.9. The van der Waals surface area contributed by atoms with Crippen LogP contribution in [0.3, 0.4) is 0 Å². The summed E-state index contributed by atoms with van der Waals surface area (Å²) in [6.07, 6.45) is -22.6. The van der Waals surface area contributed by atoms with Gasteiger partial charge in [-0.15, -0.1) is 0 Å². The lowest BCUT2D eigenvalue weighted by atomic mass is 9.96. The summed E-state index contributed by atoms with van der Waals surface area (Å²) in [7, 11) is 0. The maximum Gasteiger partial charge on any atom is 0.303 e. The Balaban J connectivity index is 2.14. The molecule has 3 saturated heterocycles. The normalized spacial score (nSPS) is 34.5. The summed E-state index contributed by atoms with van der Waals surface area (Å²) in [5, 5.41) is 11.3. The Labute approximate surface area is 314 Å². The molecule has 3 aliphatic rings. The number of aliphatic hydroxyl groups is 1. The topological polar surface area (TPSA) is 277 Å². The zero-order valence-electron chi connectivity index (χ0n) is 31.5. The lowest BCUT2D eigenvalue weighted by molar-refractivity contribution is -0.381. The van der Waals surface area contributed by atoms with Crippen molar-refractivity contribution in [2.45, 2.75) is 148 Å². The number of hydrogen-bond acceptors (Lipinski definition) is 22. The fourth-order valence-corrected chi connectivity index (χ4v) is 6.08. The molecule has 0 saturated carbocycles. The monoisotopic (exact) mass is 794 g/mol. The molecule has 0 aliphatic carbocycles. The van der Waals surface area contributed by atoms with Gasteiger partial charge in [0.15, 0.2) is 61.6 Å². The summed E-state index contributed by atoms with van der Waals surface area (Å²) in [6, 6.07) is 0. The van der Waals surface area contributed by atoms with Crippen LogP contribution in [-0.4, -0.2) is 152 Å². The van der Waals surface area contributed by atoms with Gasteiger partial charge >= 0.3 is 47.8 Å². The van der Waals surface area contributed by atoms with Crippen LogP contribution in [0.4, 0.5) is 0 Å². The maximum atomic E-state index is 12.4. The Kier molecular flexibility index (Phi) is 16.3. The van der Waals surface area contributed by atoms with Gasteiger partial charge in [0.05, 0.1) is 12.7 Å². The molecule has 3 aliphatic heterocycles. The van der Waals surface area contributed by atoms with Gasteiger partial charge in [0.2, 0.25) is 0 Å². The molecule has 0 aromatic rings. The molecule has 14 atom stereocenters. The number of carbonyl (C=O) groups is 8. The molecular weight excluding hydrogens is 748 g/mol. The quantitative estimate of drug-likeness (QED) is 0.167. The minimum atomic E-state index is -1.98. The lowest BCUT2D eigenvalue weighted by Gasteiger charge is -2.49. The predicted molar refractivity (Wildman–Crippen MR) is 170 cm³/mol. The highest BCUT2D eigenvalue weighted by Gasteiger charge is 2.58. The molecule has 0 radical (unpaired) electrons. The van der Waals surface area contributed by atoms with E-state index in [1.807, 2.05) is 0 Å². The molecule has 3 fully saturated rings. The predicted octanol–water partition coefficient (Wildman–Crippen LogP) is -1.34. The zero-order valence-corrected chi connectivity index (χ0v) is 31.5. The fourth-order valence-electron chi connectivity index (χ4n) is 6.08. The van der Waals surface area contributed by atoms with Gasteiger partial charge in [-0.2, -0.15) is 0 Å². The molecule has 3 heterocycles. The summed E-state index contributed by atoms with van der Waals surface area (Å²) in [5.74, 6) is -6.99. The summed E-state index contributed by atoms with van der Waals surface area (Å²) in [6.45, 7) is 8.63. The number of carbonyl (C=O) groups excluding carboxylic acids is 8. The van der Waals surface area contributed by atoms with E-state index in [1.54, 1.807) is 0 Å². The summed E-state index contributed by atoms with van der Waals surface area (Å²) >= 11 is 0.